The standard InChI is InChI=1S/C19H22N2O6/c1-4-26-18(24)12-6-8-13(9-7-12)21-17(23)14-10-15(22)20-11(3)16(14)19(25)27-5-2/h6-9,14H,4-5,10H2,1-3H3,(H,20,22)(H,21,23). The maximum absolute atomic E-state index is 12.7. The number of ether oxygens (including phenoxy) is 2. The normalized spacial score (nSPS) is 16.4. The minimum absolute atomic E-state index is 0.136. The molecule has 27 heavy (non-hydrogen) atoms. The number of carbonyl (C=O) groups is 4. The quantitative estimate of drug-likeness (QED) is 0.734. The molecule has 0 saturated heterocycles. The smallest absolute Gasteiger partial charge is 0.338 e. The van der Waals surface area contributed by atoms with Gasteiger partial charge in [0.2, 0.25) is 11.8 Å². The Morgan fingerprint density at radius 1 is 1.07 bits per heavy atom. The van der Waals surface area contributed by atoms with Crippen molar-refractivity contribution in [1.82, 2.24) is 5.32 Å². The van der Waals surface area contributed by atoms with E-state index < -0.39 is 23.8 Å². The second kappa shape index (κ2) is 8.98. The number of esters is 2. The summed E-state index contributed by atoms with van der Waals surface area (Å²) in [6.07, 6.45) is -0.155. The van der Waals surface area contributed by atoms with Crippen LogP contribution in [-0.2, 0) is 23.9 Å². The molecule has 8 nitrogen and oxygen atoms in total. The highest BCUT2D eigenvalue weighted by Gasteiger charge is 2.36. The third-order valence-corrected chi connectivity index (χ3v) is 3.94. The molecule has 2 N–H and O–H groups in total. The van der Waals surface area contributed by atoms with Crippen molar-refractivity contribution in [3.05, 3.63) is 41.1 Å². The van der Waals surface area contributed by atoms with Gasteiger partial charge in [-0.2, -0.15) is 0 Å². The van der Waals surface area contributed by atoms with Crippen LogP contribution in [0.1, 0.15) is 37.6 Å². The van der Waals surface area contributed by atoms with Gasteiger partial charge in [0.05, 0.1) is 30.3 Å². The molecule has 144 valence electrons. The van der Waals surface area contributed by atoms with Crippen molar-refractivity contribution in [2.45, 2.75) is 27.2 Å². The first-order valence-corrected chi connectivity index (χ1v) is 8.63. The first-order chi connectivity index (χ1) is 12.9. The van der Waals surface area contributed by atoms with Gasteiger partial charge in [-0.05, 0) is 45.0 Å². The zero-order chi connectivity index (χ0) is 20.0. The molecule has 1 aromatic carbocycles. The van der Waals surface area contributed by atoms with Crippen LogP contribution >= 0.6 is 0 Å². The van der Waals surface area contributed by atoms with Crippen LogP contribution in [0.5, 0.6) is 0 Å². The number of hydrogen-bond acceptors (Lipinski definition) is 6. The Morgan fingerprint density at radius 2 is 1.67 bits per heavy atom. The molecule has 8 heteroatoms. The van der Waals surface area contributed by atoms with E-state index in [1.807, 2.05) is 0 Å². The van der Waals surface area contributed by atoms with E-state index in [4.69, 9.17) is 9.47 Å². The SMILES string of the molecule is CCOC(=O)C1=C(C)NC(=O)CC1C(=O)Nc1ccc(C(=O)OCC)cc1. The summed E-state index contributed by atoms with van der Waals surface area (Å²) < 4.78 is 9.91. The van der Waals surface area contributed by atoms with Crippen LogP contribution in [-0.4, -0.2) is 37.0 Å². The van der Waals surface area contributed by atoms with Crippen LogP contribution < -0.4 is 10.6 Å². The summed E-state index contributed by atoms with van der Waals surface area (Å²) in [4.78, 5) is 48.4. The van der Waals surface area contributed by atoms with Gasteiger partial charge in [-0.15, -0.1) is 0 Å². The summed E-state index contributed by atoms with van der Waals surface area (Å²) in [5, 5.41) is 5.22. The lowest BCUT2D eigenvalue weighted by Gasteiger charge is -2.25. The van der Waals surface area contributed by atoms with Crippen molar-refractivity contribution in [3.63, 3.8) is 0 Å². The van der Waals surface area contributed by atoms with Gasteiger partial charge in [0.15, 0.2) is 0 Å². The molecule has 1 aromatic rings. The third-order valence-electron chi connectivity index (χ3n) is 3.94. The second-order valence-electron chi connectivity index (χ2n) is 5.85. The Bertz CT molecular complexity index is 782. The summed E-state index contributed by atoms with van der Waals surface area (Å²) in [7, 11) is 0. The van der Waals surface area contributed by atoms with Crippen molar-refractivity contribution in [2.75, 3.05) is 18.5 Å². The number of nitrogens with one attached hydrogen (secondary N) is 2. The molecule has 1 heterocycles. The highest BCUT2D eigenvalue weighted by atomic mass is 16.5. The van der Waals surface area contributed by atoms with E-state index in [0.717, 1.165) is 0 Å². The summed E-state index contributed by atoms with van der Waals surface area (Å²) >= 11 is 0. The molecule has 1 atom stereocenters. The van der Waals surface area contributed by atoms with E-state index in [9.17, 15) is 19.2 Å². The van der Waals surface area contributed by atoms with Crippen LogP contribution in [0.3, 0.4) is 0 Å². The largest absolute Gasteiger partial charge is 0.463 e. The molecule has 1 unspecified atom stereocenters. The average molecular weight is 374 g/mol. The van der Waals surface area contributed by atoms with Crippen molar-refractivity contribution in [2.24, 2.45) is 5.92 Å². The van der Waals surface area contributed by atoms with E-state index in [2.05, 4.69) is 10.6 Å². The lowest BCUT2D eigenvalue weighted by molar-refractivity contribution is -0.141. The molecular formula is C19H22N2O6. The predicted octanol–water partition coefficient (Wildman–Crippen LogP) is 1.77. The molecule has 0 aromatic heterocycles. The molecule has 0 fully saturated rings. The van der Waals surface area contributed by atoms with E-state index in [-0.39, 0.29) is 31.1 Å². The molecule has 0 spiro atoms. The monoisotopic (exact) mass is 374 g/mol. The second-order valence-corrected chi connectivity index (χ2v) is 5.85. The number of anilines is 1. The molecule has 0 aliphatic carbocycles. The van der Waals surface area contributed by atoms with E-state index in [0.29, 0.717) is 16.9 Å². The summed E-state index contributed by atoms with van der Waals surface area (Å²) in [6, 6.07) is 6.14. The van der Waals surface area contributed by atoms with Crippen LogP contribution in [0.25, 0.3) is 0 Å². The molecule has 1 aliphatic rings. The number of allylic oxidation sites excluding steroid dienone is 1. The predicted molar refractivity (Wildman–Crippen MR) is 96.6 cm³/mol. The number of hydrogen-bond donors (Lipinski definition) is 2. The number of carbonyl (C=O) groups excluding carboxylic acids is 4. The minimum Gasteiger partial charge on any atom is -0.463 e. The fourth-order valence-electron chi connectivity index (χ4n) is 2.74. The summed E-state index contributed by atoms with van der Waals surface area (Å²) in [6.45, 7) is 5.35. The van der Waals surface area contributed by atoms with E-state index >= 15 is 0 Å². The van der Waals surface area contributed by atoms with Crippen LogP contribution in [0, 0.1) is 5.92 Å². The van der Waals surface area contributed by atoms with Crippen molar-refractivity contribution >= 4 is 29.4 Å². The Morgan fingerprint density at radius 3 is 2.26 bits per heavy atom. The maximum atomic E-state index is 12.7. The van der Waals surface area contributed by atoms with Gasteiger partial charge in [0.25, 0.3) is 0 Å². The van der Waals surface area contributed by atoms with E-state index in [1.54, 1.807) is 32.9 Å². The third kappa shape index (κ3) is 4.93. The van der Waals surface area contributed by atoms with Crippen LogP contribution in [0.4, 0.5) is 5.69 Å². The highest BCUT2D eigenvalue weighted by molar-refractivity contribution is 6.06. The fraction of sp³-hybridized carbons (Fsp3) is 0.368. The average Bonchev–Trinajstić information content (AvgIpc) is 2.62. The van der Waals surface area contributed by atoms with Crippen LogP contribution in [0.2, 0.25) is 0 Å². The zero-order valence-electron chi connectivity index (χ0n) is 15.5. The number of rotatable bonds is 6. The van der Waals surface area contributed by atoms with Crippen LogP contribution in [0.15, 0.2) is 35.5 Å². The molecule has 0 saturated carbocycles. The fourth-order valence-corrected chi connectivity index (χ4v) is 2.74. The Balaban J connectivity index is 2.17. The Labute approximate surface area is 156 Å². The first kappa shape index (κ1) is 20.2. The zero-order valence-corrected chi connectivity index (χ0v) is 15.5. The molecule has 2 rings (SSSR count). The maximum Gasteiger partial charge on any atom is 0.338 e. The summed E-state index contributed by atoms with van der Waals surface area (Å²) in [5.41, 5.74) is 1.23. The molecule has 2 amide bonds. The van der Waals surface area contributed by atoms with Gasteiger partial charge in [0.1, 0.15) is 0 Å². The highest BCUT2D eigenvalue weighted by Crippen LogP contribution is 2.26. The van der Waals surface area contributed by atoms with Gasteiger partial charge in [0, 0.05) is 17.8 Å². The lowest BCUT2D eigenvalue weighted by atomic mass is 9.89. The van der Waals surface area contributed by atoms with Gasteiger partial charge < -0.3 is 20.1 Å². The summed E-state index contributed by atoms with van der Waals surface area (Å²) in [5.74, 6) is -2.90. The molecule has 0 radical (unpaired) electrons. The Kier molecular flexibility index (Phi) is 6.70. The van der Waals surface area contributed by atoms with Gasteiger partial charge in [-0.1, -0.05) is 0 Å². The topological polar surface area (TPSA) is 111 Å². The Hall–Kier alpha value is -3.16. The van der Waals surface area contributed by atoms with Crippen molar-refractivity contribution in [3.8, 4) is 0 Å². The van der Waals surface area contributed by atoms with Gasteiger partial charge in [-0.3, -0.25) is 9.59 Å². The number of benzene rings is 1. The van der Waals surface area contributed by atoms with E-state index in [1.165, 1.54) is 12.1 Å². The van der Waals surface area contributed by atoms with Crippen molar-refractivity contribution < 1.29 is 28.7 Å². The molecule has 0 bridgehead atoms. The lowest BCUT2D eigenvalue weighted by Crippen LogP contribution is -2.40. The molecular weight excluding hydrogens is 352 g/mol. The van der Waals surface area contributed by atoms with Gasteiger partial charge in [-0.25, -0.2) is 9.59 Å². The van der Waals surface area contributed by atoms with Gasteiger partial charge >= 0.3 is 11.9 Å². The number of amides is 2. The molecule has 1 aliphatic heterocycles. The minimum atomic E-state index is -0.956. The first-order valence-electron chi connectivity index (χ1n) is 8.63. The van der Waals surface area contributed by atoms with Crippen molar-refractivity contribution in [1.29, 1.82) is 0 Å².